The van der Waals surface area contributed by atoms with Crippen LogP contribution in [0.4, 0.5) is 4.39 Å². The van der Waals surface area contributed by atoms with Crippen molar-refractivity contribution in [3.8, 4) is 0 Å². The van der Waals surface area contributed by atoms with E-state index in [1.54, 1.807) is 12.1 Å². The quantitative estimate of drug-likeness (QED) is 0.890. The second kappa shape index (κ2) is 7.19. The zero-order chi connectivity index (χ0) is 14.5. The van der Waals surface area contributed by atoms with Crippen LogP contribution in [0, 0.1) is 11.7 Å². The Hall–Kier alpha value is -0.930. The molecule has 2 rings (SSSR count). The Balaban J connectivity index is 1.86. The van der Waals surface area contributed by atoms with Gasteiger partial charge in [-0.05, 0) is 43.4 Å². The van der Waals surface area contributed by atoms with E-state index in [2.05, 4.69) is 31.0 Å². The minimum Gasteiger partial charge on any atom is -0.311 e. The van der Waals surface area contributed by atoms with Crippen molar-refractivity contribution in [3.63, 3.8) is 0 Å². The van der Waals surface area contributed by atoms with Crippen molar-refractivity contribution < 1.29 is 4.39 Å². The fraction of sp³-hybridized carbons (Fsp3) is 0.647. The van der Waals surface area contributed by atoms with Gasteiger partial charge in [-0.1, -0.05) is 26.0 Å². The molecule has 1 fully saturated rings. The maximum absolute atomic E-state index is 13.2. The molecule has 1 N–H and O–H groups in total. The third kappa shape index (κ3) is 4.57. The highest BCUT2D eigenvalue weighted by atomic mass is 19.1. The first-order valence-electron chi connectivity index (χ1n) is 7.76. The molecule has 2 atom stereocenters. The molecule has 20 heavy (non-hydrogen) atoms. The maximum atomic E-state index is 13.2. The molecule has 0 amide bonds. The molecule has 0 aliphatic carbocycles. The van der Waals surface area contributed by atoms with Gasteiger partial charge in [0.25, 0.3) is 0 Å². The topological polar surface area (TPSA) is 15.3 Å². The van der Waals surface area contributed by atoms with Crippen LogP contribution in [0.15, 0.2) is 24.3 Å². The zero-order valence-electron chi connectivity index (χ0n) is 12.9. The second-order valence-electron chi connectivity index (χ2n) is 6.46. The van der Waals surface area contributed by atoms with Gasteiger partial charge in [-0.15, -0.1) is 0 Å². The second-order valence-corrected chi connectivity index (χ2v) is 6.46. The molecule has 1 aromatic carbocycles. The predicted molar refractivity (Wildman–Crippen MR) is 82.4 cm³/mol. The fourth-order valence-electron chi connectivity index (χ4n) is 3.00. The van der Waals surface area contributed by atoms with Crippen molar-refractivity contribution in [1.82, 2.24) is 10.2 Å². The van der Waals surface area contributed by atoms with Gasteiger partial charge in [-0.25, -0.2) is 4.39 Å². The molecule has 2 unspecified atom stereocenters. The minimum atomic E-state index is -0.131. The molecule has 2 nitrogen and oxygen atoms in total. The molecule has 1 aliphatic heterocycles. The summed E-state index contributed by atoms with van der Waals surface area (Å²) in [7, 11) is 0. The number of hydrogen-bond donors (Lipinski definition) is 1. The van der Waals surface area contributed by atoms with Crippen LogP contribution >= 0.6 is 0 Å². The van der Waals surface area contributed by atoms with Crippen LogP contribution in [-0.4, -0.2) is 36.6 Å². The number of rotatable bonds is 5. The normalized spacial score (nSPS) is 24.2. The third-order valence-electron chi connectivity index (χ3n) is 4.11. The van der Waals surface area contributed by atoms with E-state index >= 15 is 0 Å². The van der Waals surface area contributed by atoms with E-state index in [9.17, 15) is 4.39 Å². The van der Waals surface area contributed by atoms with E-state index in [4.69, 9.17) is 0 Å². The van der Waals surface area contributed by atoms with Crippen molar-refractivity contribution >= 4 is 0 Å². The predicted octanol–water partition coefficient (Wildman–Crippen LogP) is 3.08. The van der Waals surface area contributed by atoms with Gasteiger partial charge in [0.2, 0.25) is 0 Å². The van der Waals surface area contributed by atoms with E-state index in [0.717, 1.165) is 37.5 Å². The van der Waals surface area contributed by atoms with Gasteiger partial charge in [-0.2, -0.15) is 0 Å². The summed E-state index contributed by atoms with van der Waals surface area (Å²) in [4.78, 5) is 2.54. The number of nitrogens with one attached hydrogen (secondary N) is 1. The van der Waals surface area contributed by atoms with E-state index in [1.165, 1.54) is 12.5 Å². The fourth-order valence-corrected chi connectivity index (χ4v) is 3.00. The summed E-state index contributed by atoms with van der Waals surface area (Å²) >= 11 is 0. The van der Waals surface area contributed by atoms with Crippen LogP contribution in [-0.2, 0) is 6.42 Å². The van der Waals surface area contributed by atoms with Gasteiger partial charge in [-0.3, -0.25) is 4.90 Å². The van der Waals surface area contributed by atoms with Gasteiger partial charge in [0, 0.05) is 31.7 Å². The van der Waals surface area contributed by atoms with Crippen LogP contribution in [0.5, 0.6) is 0 Å². The largest absolute Gasteiger partial charge is 0.311 e. The summed E-state index contributed by atoms with van der Waals surface area (Å²) in [6.07, 6.45) is 2.15. The average molecular weight is 278 g/mol. The molecule has 0 bridgehead atoms. The molecule has 0 radical (unpaired) electrons. The minimum absolute atomic E-state index is 0.131. The number of nitrogens with zero attached hydrogens (tertiary/aromatic N) is 1. The lowest BCUT2D eigenvalue weighted by atomic mass is 9.99. The van der Waals surface area contributed by atoms with Crippen LogP contribution in [0.2, 0.25) is 0 Å². The van der Waals surface area contributed by atoms with Gasteiger partial charge in [0.05, 0.1) is 0 Å². The average Bonchev–Trinajstić information content (AvgIpc) is 2.39. The molecule has 3 heteroatoms. The number of piperazine rings is 1. The first-order valence-corrected chi connectivity index (χ1v) is 7.76. The van der Waals surface area contributed by atoms with E-state index in [0.29, 0.717) is 12.1 Å². The Morgan fingerprint density at radius 2 is 2.20 bits per heavy atom. The van der Waals surface area contributed by atoms with Crippen LogP contribution in [0.3, 0.4) is 0 Å². The maximum Gasteiger partial charge on any atom is 0.123 e. The van der Waals surface area contributed by atoms with Gasteiger partial charge >= 0.3 is 0 Å². The van der Waals surface area contributed by atoms with Crippen molar-refractivity contribution in [2.24, 2.45) is 5.92 Å². The lowest BCUT2D eigenvalue weighted by Crippen LogP contribution is -2.56. The summed E-state index contributed by atoms with van der Waals surface area (Å²) in [5.74, 6) is 0.597. The molecular weight excluding hydrogens is 251 g/mol. The first-order chi connectivity index (χ1) is 9.54. The van der Waals surface area contributed by atoms with Crippen molar-refractivity contribution in [2.75, 3.05) is 19.6 Å². The van der Waals surface area contributed by atoms with E-state index in [1.807, 2.05) is 6.07 Å². The van der Waals surface area contributed by atoms with E-state index < -0.39 is 0 Å². The number of halogens is 1. The standard InChI is InChI=1S/C17H27FN2/c1-13(2)9-17-12-20(14(3)11-19-17)8-7-15-5-4-6-16(18)10-15/h4-6,10,13-14,17,19H,7-9,11-12H2,1-3H3. The molecule has 0 aromatic heterocycles. The Bertz CT molecular complexity index is 419. The molecule has 1 heterocycles. The monoisotopic (exact) mass is 278 g/mol. The van der Waals surface area contributed by atoms with Crippen molar-refractivity contribution in [3.05, 3.63) is 35.6 Å². The summed E-state index contributed by atoms with van der Waals surface area (Å²) in [5.41, 5.74) is 1.09. The Kier molecular flexibility index (Phi) is 5.55. The lowest BCUT2D eigenvalue weighted by molar-refractivity contribution is 0.133. The molecule has 112 valence electrons. The third-order valence-corrected chi connectivity index (χ3v) is 4.11. The van der Waals surface area contributed by atoms with Crippen molar-refractivity contribution in [2.45, 2.75) is 45.7 Å². The van der Waals surface area contributed by atoms with E-state index in [-0.39, 0.29) is 5.82 Å². The number of benzene rings is 1. The van der Waals surface area contributed by atoms with Gasteiger partial charge < -0.3 is 5.32 Å². The zero-order valence-corrected chi connectivity index (χ0v) is 12.9. The summed E-state index contributed by atoms with van der Waals surface area (Å²) in [6.45, 7) is 9.99. The summed E-state index contributed by atoms with van der Waals surface area (Å²) < 4.78 is 13.2. The first kappa shape index (κ1) is 15.5. The highest BCUT2D eigenvalue weighted by molar-refractivity contribution is 5.16. The molecule has 0 spiro atoms. The Morgan fingerprint density at radius 1 is 1.40 bits per heavy atom. The molecule has 0 saturated carbocycles. The summed E-state index contributed by atoms with van der Waals surface area (Å²) in [6, 6.07) is 8.13. The SMILES string of the molecule is CC(C)CC1CN(CCc2cccc(F)c2)C(C)CN1. The molecular formula is C17H27FN2. The van der Waals surface area contributed by atoms with Crippen LogP contribution in [0.25, 0.3) is 0 Å². The highest BCUT2D eigenvalue weighted by Crippen LogP contribution is 2.14. The van der Waals surface area contributed by atoms with Gasteiger partial charge in [0.15, 0.2) is 0 Å². The highest BCUT2D eigenvalue weighted by Gasteiger charge is 2.24. The lowest BCUT2D eigenvalue weighted by Gasteiger charge is -2.39. The molecule has 1 saturated heterocycles. The van der Waals surface area contributed by atoms with Crippen LogP contribution in [0.1, 0.15) is 32.8 Å². The molecule has 1 aromatic rings. The molecule has 1 aliphatic rings. The smallest absolute Gasteiger partial charge is 0.123 e. The van der Waals surface area contributed by atoms with Crippen LogP contribution < -0.4 is 5.32 Å². The Morgan fingerprint density at radius 3 is 2.90 bits per heavy atom. The van der Waals surface area contributed by atoms with Crippen molar-refractivity contribution in [1.29, 1.82) is 0 Å². The van der Waals surface area contributed by atoms with Gasteiger partial charge in [0.1, 0.15) is 5.82 Å². The Labute approximate surface area is 122 Å². The summed E-state index contributed by atoms with van der Waals surface area (Å²) in [5, 5.41) is 3.64. The number of hydrogen-bond acceptors (Lipinski definition) is 2.